The summed E-state index contributed by atoms with van der Waals surface area (Å²) in [5.74, 6) is -2.04. The maximum atomic E-state index is 13.5. The van der Waals surface area contributed by atoms with Crippen molar-refractivity contribution in [2.75, 3.05) is 5.32 Å². The molecular formula is C13H17BrFN3O2. The van der Waals surface area contributed by atoms with Crippen LogP contribution in [0.25, 0.3) is 0 Å². The molecule has 0 aliphatic carbocycles. The van der Waals surface area contributed by atoms with Gasteiger partial charge in [0.15, 0.2) is 5.84 Å². The number of aryl methyl sites for hydroxylation is 1. The van der Waals surface area contributed by atoms with Crippen LogP contribution in [0.15, 0.2) is 21.8 Å². The van der Waals surface area contributed by atoms with Gasteiger partial charge in [-0.25, -0.2) is 4.39 Å². The first-order chi connectivity index (χ1) is 9.27. The number of nitrogens with two attached hydrogens (primary N) is 1. The first-order valence-electron chi connectivity index (χ1n) is 6.01. The third-order valence-electron chi connectivity index (χ3n) is 2.91. The maximum Gasteiger partial charge on any atom is 0.235 e. The van der Waals surface area contributed by atoms with Gasteiger partial charge >= 0.3 is 0 Å². The number of nitrogens with zero attached hydrogens (tertiary/aromatic N) is 1. The Morgan fingerprint density at radius 3 is 2.60 bits per heavy atom. The molecule has 1 atom stereocenters. The highest BCUT2D eigenvalue weighted by Gasteiger charge is 2.27. The third-order valence-corrected chi connectivity index (χ3v) is 3.52. The highest BCUT2D eigenvalue weighted by molar-refractivity contribution is 9.10. The van der Waals surface area contributed by atoms with Crippen molar-refractivity contribution in [3.8, 4) is 0 Å². The SMILES string of the molecule is Cc1cc(Br)c(F)cc1NC(=O)C(/C(N)=N/O)C(C)C. The molecule has 20 heavy (non-hydrogen) atoms. The van der Waals surface area contributed by atoms with Crippen molar-refractivity contribution in [1.82, 2.24) is 0 Å². The van der Waals surface area contributed by atoms with Gasteiger partial charge in [0.2, 0.25) is 5.91 Å². The van der Waals surface area contributed by atoms with E-state index in [0.717, 1.165) is 0 Å². The molecule has 0 heterocycles. The number of hydrogen-bond acceptors (Lipinski definition) is 3. The van der Waals surface area contributed by atoms with E-state index in [9.17, 15) is 9.18 Å². The number of oxime groups is 1. The lowest BCUT2D eigenvalue weighted by molar-refractivity contribution is -0.119. The van der Waals surface area contributed by atoms with Gasteiger partial charge in [-0.15, -0.1) is 0 Å². The minimum Gasteiger partial charge on any atom is -0.409 e. The zero-order valence-electron chi connectivity index (χ0n) is 11.4. The third kappa shape index (κ3) is 3.69. The smallest absolute Gasteiger partial charge is 0.235 e. The lowest BCUT2D eigenvalue weighted by Crippen LogP contribution is -2.38. The van der Waals surface area contributed by atoms with E-state index in [4.69, 9.17) is 10.9 Å². The molecule has 0 saturated carbocycles. The zero-order chi connectivity index (χ0) is 15.4. The number of carbonyl (C=O) groups excluding carboxylic acids is 1. The summed E-state index contributed by atoms with van der Waals surface area (Å²) in [5, 5.41) is 14.2. The average Bonchev–Trinajstić information content (AvgIpc) is 2.35. The fraction of sp³-hybridized carbons (Fsp3) is 0.385. The van der Waals surface area contributed by atoms with Crippen LogP contribution >= 0.6 is 15.9 Å². The number of halogens is 2. The highest BCUT2D eigenvalue weighted by Crippen LogP contribution is 2.25. The van der Waals surface area contributed by atoms with Crippen molar-refractivity contribution in [2.45, 2.75) is 20.8 Å². The van der Waals surface area contributed by atoms with Crippen LogP contribution in [0.2, 0.25) is 0 Å². The predicted octanol–water partition coefficient (Wildman–Crippen LogP) is 2.85. The van der Waals surface area contributed by atoms with E-state index >= 15 is 0 Å². The fourth-order valence-electron chi connectivity index (χ4n) is 1.83. The van der Waals surface area contributed by atoms with E-state index < -0.39 is 17.6 Å². The molecular weight excluding hydrogens is 329 g/mol. The Labute approximate surface area is 125 Å². The van der Waals surface area contributed by atoms with E-state index in [1.807, 2.05) is 0 Å². The number of benzene rings is 1. The summed E-state index contributed by atoms with van der Waals surface area (Å²) in [6, 6.07) is 2.79. The summed E-state index contributed by atoms with van der Waals surface area (Å²) in [6.07, 6.45) is 0. The first kappa shape index (κ1) is 16.4. The Balaban J connectivity index is 3.03. The van der Waals surface area contributed by atoms with Gasteiger partial charge < -0.3 is 16.3 Å². The van der Waals surface area contributed by atoms with Gasteiger partial charge in [-0.05, 0) is 46.5 Å². The minimum atomic E-state index is -0.786. The van der Waals surface area contributed by atoms with Crippen LogP contribution in [0.5, 0.6) is 0 Å². The van der Waals surface area contributed by atoms with Gasteiger partial charge in [-0.2, -0.15) is 0 Å². The molecule has 0 radical (unpaired) electrons. The van der Waals surface area contributed by atoms with Crippen LogP contribution in [0, 0.1) is 24.6 Å². The molecule has 0 fully saturated rings. The molecule has 0 bridgehead atoms. The molecule has 110 valence electrons. The number of carbonyl (C=O) groups is 1. The monoisotopic (exact) mass is 345 g/mol. The van der Waals surface area contributed by atoms with Gasteiger partial charge in [-0.3, -0.25) is 4.79 Å². The van der Waals surface area contributed by atoms with Crippen LogP contribution in [0.3, 0.4) is 0 Å². The quantitative estimate of drug-likeness (QED) is 0.339. The standard InChI is InChI=1S/C13H17BrFN3O2/c1-6(2)11(12(16)18-20)13(19)17-10-5-9(15)8(14)4-7(10)3/h4-6,11,20H,1-3H3,(H2,16,18)(H,17,19). The summed E-state index contributed by atoms with van der Waals surface area (Å²) in [4.78, 5) is 12.2. The van der Waals surface area contributed by atoms with Crippen molar-refractivity contribution < 1.29 is 14.4 Å². The van der Waals surface area contributed by atoms with Gasteiger partial charge in [-0.1, -0.05) is 19.0 Å². The molecule has 5 nitrogen and oxygen atoms in total. The van der Waals surface area contributed by atoms with Crippen LogP contribution in [-0.4, -0.2) is 17.0 Å². The second-order valence-electron chi connectivity index (χ2n) is 4.82. The molecule has 0 aliphatic heterocycles. The number of nitrogens with one attached hydrogen (secondary N) is 1. The minimum absolute atomic E-state index is 0.161. The zero-order valence-corrected chi connectivity index (χ0v) is 13.0. The lowest BCUT2D eigenvalue weighted by atomic mass is 9.93. The number of hydrogen-bond donors (Lipinski definition) is 3. The number of amides is 1. The Hall–Kier alpha value is -1.63. The lowest BCUT2D eigenvalue weighted by Gasteiger charge is -2.19. The molecule has 1 unspecified atom stereocenters. The maximum absolute atomic E-state index is 13.5. The predicted molar refractivity (Wildman–Crippen MR) is 79.2 cm³/mol. The number of anilines is 1. The van der Waals surface area contributed by atoms with Gasteiger partial charge in [0, 0.05) is 5.69 Å². The van der Waals surface area contributed by atoms with E-state index in [1.54, 1.807) is 26.8 Å². The molecule has 1 rings (SSSR count). The van der Waals surface area contributed by atoms with E-state index in [1.165, 1.54) is 6.07 Å². The Bertz CT molecular complexity index is 547. The first-order valence-corrected chi connectivity index (χ1v) is 6.81. The van der Waals surface area contributed by atoms with Gasteiger partial charge in [0.05, 0.1) is 4.47 Å². The molecule has 0 aromatic heterocycles. The van der Waals surface area contributed by atoms with Crippen molar-refractivity contribution in [3.63, 3.8) is 0 Å². The molecule has 0 saturated heterocycles. The number of rotatable bonds is 4. The van der Waals surface area contributed by atoms with Crippen LogP contribution < -0.4 is 11.1 Å². The van der Waals surface area contributed by atoms with Crippen LogP contribution in [0.4, 0.5) is 10.1 Å². The fourth-order valence-corrected chi connectivity index (χ4v) is 2.29. The Morgan fingerprint density at radius 1 is 1.50 bits per heavy atom. The van der Waals surface area contributed by atoms with E-state index in [0.29, 0.717) is 15.7 Å². The molecule has 0 spiro atoms. The second-order valence-corrected chi connectivity index (χ2v) is 5.67. The van der Waals surface area contributed by atoms with Crippen molar-refractivity contribution in [1.29, 1.82) is 0 Å². The van der Waals surface area contributed by atoms with Crippen molar-refractivity contribution in [3.05, 3.63) is 28.0 Å². The Morgan fingerprint density at radius 2 is 2.10 bits per heavy atom. The van der Waals surface area contributed by atoms with Crippen LogP contribution in [-0.2, 0) is 4.79 Å². The second kappa shape index (κ2) is 6.69. The van der Waals surface area contributed by atoms with Crippen molar-refractivity contribution >= 4 is 33.4 Å². The average molecular weight is 346 g/mol. The van der Waals surface area contributed by atoms with Gasteiger partial charge in [0.25, 0.3) is 0 Å². The summed E-state index contributed by atoms with van der Waals surface area (Å²) < 4.78 is 13.8. The molecule has 1 aromatic rings. The van der Waals surface area contributed by atoms with Gasteiger partial charge in [0.1, 0.15) is 11.7 Å². The molecule has 1 amide bonds. The van der Waals surface area contributed by atoms with Crippen molar-refractivity contribution in [2.24, 2.45) is 22.7 Å². The molecule has 1 aromatic carbocycles. The topological polar surface area (TPSA) is 87.7 Å². The largest absolute Gasteiger partial charge is 0.409 e. The summed E-state index contributed by atoms with van der Waals surface area (Å²) in [6.45, 7) is 5.29. The molecule has 7 heteroatoms. The Kier molecular flexibility index (Phi) is 5.50. The highest BCUT2D eigenvalue weighted by atomic mass is 79.9. The van der Waals surface area contributed by atoms with Crippen LogP contribution in [0.1, 0.15) is 19.4 Å². The summed E-state index contributed by atoms with van der Waals surface area (Å²) >= 11 is 3.07. The summed E-state index contributed by atoms with van der Waals surface area (Å²) in [7, 11) is 0. The summed E-state index contributed by atoms with van der Waals surface area (Å²) in [5.41, 5.74) is 6.58. The molecule has 4 N–H and O–H groups in total. The van der Waals surface area contributed by atoms with E-state index in [2.05, 4.69) is 26.4 Å². The molecule has 0 aliphatic rings. The number of amidine groups is 1. The van der Waals surface area contributed by atoms with E-state index in [-0.39, 0.29) is 11.8 Å². The normalized spacial score (nSPS) is 13.4.